The van der Waals surface area contributed by atoms with Gasteiger partial charge in [0.1, 0.15) is 5.58 Å². The van der Waals surface area contributed by atoms with Crippen LogP contribution in [0.3, 0.4) is 0 Å². The average molecular weight is 335 g/mol. The fourth-order valence-corrected chi connectivity index (χ4v) is 3.70. The van der Waals surface area contributed by atoms with Crippen LogP contribution in [0.4, 0.5) is 5.69 Å². The number of amides is 1. The van der Waals surface area contributed by atoms with Crippen LogP contribution >= 0.6 is 11.3 Å². The van der Waals surface area contributed by atoms with Gasteiger partial charge in [-0.1, -0.05) is 18.2 Å². The molecule has 4 aromatic rings. The quantitative estimate of drug-likeness (QED) is 0.546. The first-order chi connectivity index (χ1) is 11.6. The molecule has 1 N–H and O–H groups in total. The summed E-state index contributed by atoms with van der Waals surface area (Å²) in [6, 6.07) is 14.6. The van der Waals surface area contributed by atoms with E-state index in [4.69, 9.17) is 4.42 Å². The molecule has 2 aromatic carbocycles. The van der Waals surface area contributed by atoms with Gasteiger partial charge < -0.3 is 9.73 Å². The predicted molar refractivity (Wildman–Crippen MR) is 97.0 cm³/mol. The van der Waals surface area contributed by atoms with E-state index in [1.807, 2.05) is 48.7 Å². The molecule has 2 heterocycles. The monoisotopic (exact) mass is 335 g/mol. The van der Waals surface area contributed by atoms with Gasteiger partial charge in [-0.15, -0.1) is 11.3 Å². The van der Waals surface area contributed by atoms with Crippen LogP contribution in [0.1, 0.15) is 15.9 Å². The zero-order chi connectivity index (χ0) is 16.7. The molecule has 0 saturated carbocycles. The van der Waals surface area contributed by atoms with Gasteiger partial charge in [-0.05, 0) is 30.7 Å². The minimum atomic E-state index is -0.396. The molecule has 24 heavy (non-hydrogen) atoms. The predicted octanol–water partition coefficient (Wildman–Crippen LogP) is 4.57. The van der Waals surface area contributed by atoms with E-state index in [1.54, 1.807) is 6.07 Å². The number of hydrogen-bond donors (Lipinski definition) is 1. The Bertz CT molecular complexity index is 1140. The second kappa shape index (κ2) is 5.62. The molecule has 0 radical (unpaired) electrons. The summed E-state index contributed by atoms with van der Waals surface area (Å²) < 4.78 is 6.29. The number of carbonyl (C=O) groups is 1. The molecule has 2 aromatic heterocycles. The zero-order valence-electron chi connectivity index (χ0n) is 12.8. The van der Waals surface area contributed by atoms with Crippen molar-refractivity contribution in [3.05, 3.63) is 75.5 Å². The van der Waals surface area contributed by atoms with Crippen molar-refractivity contribution in [1.82, 2.24) is 0 Å². The van der Waals surface area contributed by atoms with Crippen LogP contribution in [0.15, 0.2) is 63.1 Å². The topological polar surface area (TPSA) is 59.3 Å². The Kier molecular flexibility index (Phi) is 3.43. The Morgan fingerprint density at radius 1 is 1.08 bits per heavy atom. The normalized spacial score (nSPS) is 11.0. The van der Waals surface area contributed by atoms with Crippen molar-refractivity contribution < 1.29 is 9.21 Å². The second-order valence-corrected chi connectivity index (χ2v) is 6.47. The van der Waals surface area contributed by atoms with Gasteiger partial charge in [-0.3, -0.25) is 4.79 Å². The lowest BCUT2D eigenvalue weighted by Gasteiger charge is -2.06. The number of aryl methyl sites for hydroxylation is 1. The van der Waals surface area contributed by atoms with E-state index in [1.165, 1.54) is 17.4 Å². The average Bonchev–Trinajstić information content (AvgIpc) is 2.98. The maximum absolute atomic E-state index is 12.6. The SMILES string of the molecule is Cc1cc(=O)oc2cc(NC(=O)c3csc4ccccc34)ccc12. The number of anilines is 1. The second-order valence-electron chi connectivity index (χ2n) is 5.56. The molecule has 0 spiro atoms. The maximum Gasteiger partial charge on any atom is 0.336 e. The number of benzene rings is 2. The maximum atomic E-state index is 12.6. The van der Waals surface area contributed by atoms with Gasteiger partial charge in [0.2, 0.25) is 0 Å². The number of carbonyl (C=O) groups excluding carboxylic acids is 1. The van der Waals surface area contributed by atoms with E-state index < -0.39 is 5.63 Å². The lowest BCUT2D eigenvalue weighted by molar-refractivity contribution is 0.102. The molecule has 0 unspecified atom stereocenters. The van der Waals surface area contributed by atoms with Gasteiger partial charge in [0.15, 0.2) is 0 Å². The van der Waals surface area contributed by atoms with Gasteiger partial charge in [-0.25, -0.2) is 4.79 Å². The number of rotatable bonds is 2. The molecule has 1 amide bonds. The lowest BCUT2D eigenvalue weighted by atomic mass is 10.1. The third-order valence-corrected chi connectivity index (χ3v) is 4.90. The van der Waals surface area contributed by atoms with Crippen molar-refractivity contribution in [1.29, 1.82) is 0 Å². The molecule has 0 aliphatic carbocycles. The van der Waals surface area contributed by atoms with E-state index in [-0.39, 0.29) is 5.91 Å². The largest absolute Gasteiger partial charge is 0.423 e. The summed E-state index contributed by atoms with van der Waals surface area (Å²) in [7, 11) is 0. The van der Waals surface area contributed by atoms with Gasteiger partial charge in [0.05, 0.1) is 5.56 Å². The Morgan fingerprint density at radius 2 is 1.92 bits per heavy atom. The summed E-state index contributed by atoms with van der Waals surface area (Å²) in [4.78, 5) is 24.1. The first kappa shape index (κ1) is 14.7. The Morgan fingerprint density at radius 3 is 2.79 bits per heavy atom. The number of fused-ring (bicyclic) bond motifs is 2. The van der Waals surface area contributed by atoms with Crippen LogP contribution in [0.25, 0.3) is 21.1 Å². The highest BCUT2D eigenvalue weighted by atomic mass is 32.1. The van der Waals surface area contributed by atoms with Gasteiger partial charge >= 0.3 is 5.63 Å². The van der Waals surface area contributed by atoms with E-state index >= 15 is 0 Å². The fraction of sp³-hybridized carbons (Fsp3) is 0.0526. The molecule has 0 bridgehead atoms. The van der Waals surface area contributed by atoms with Gasteiger partial charge in [0, 0.05) is 38.7 Å². The van der Waals surface area contributed by atoms with Crippen LogP contribution in [0.5, 0.6) is 0 Å². The van der Waals surface area contributed by atoms with Crippen LogP contribution < -0.4 is 10.9 Å². The highest BCUT2D eigenvalue weighted by molar-refractivity contribution is 7.17. The minimum absolute atomic E-state index is 0.179. The molecule has 0 aliphatic rings. The molecule has 0 aliphatic heterocycles. The molecule has 118 valence electrons. The van der Waals surface area contributed by atoms with Crippen molar-refractivity contribution in [3.63, 3.8) is 0 Å². The third-order valence-electron chi connectivity index (χ3n) is 3.93. The Hall–Kier alpha value is -2.92. The number of hydrogen-bond acceptors (Lipinski definition) is 4. The first-order valence-electron chi connectivity index (χ1n) is 7.44. The summed E-state index contributed by atoms with van der Waals surface area (Å²) in [6.07, 6.45) is 0. The van der Waals surface area contributed by atoms with Crippen molar-refractivity contribution in [3.8, 4) is 0 Å². The smallest absolute Gasteiger partial charge is 0.336 e. The van der Waals surface area contributed by atoms with E-state index in [0.717, 1.165) is 21.0 Å². The number of thiophene rings is 1. The van der Waals surface area contributed by atoms with Gasteiger partial charge in [-0.2, -0.15) is 0 Å². The van der Waals surface area contributed by atoms with Crippen LogP contribution in [0.2, 0.25) is 0 Å². The lowest BCUT2D eigenvalue weighted by Crippen LogP contribution is -2.11. The molecular formula is C19H13NO3S. The van der Waals surface area contributed by atoms with E-state index in [2.05, 4.69) is 5.32 Å². The Labute approximate surface area is 141 Å². The first-order valence-corrected chi connectivity index (χ1v) is 8.32. The van der Waals surface area contributed by atoms with Crippen molar-refractivity contribution in [2.24, 2.45) is 0 Å². The highest BCUT2D eigenvalue weighted by Crippen LogP contribution is 2.27. The van der Waals surface area contributed by atoms with Crippen LogP contribution in [-0.4, -0.2) is 5.91 Å². The molecule has 0 atom stereocenters. The van der Waals surface area contributed by atoms with Crippen LogP contribution in [-0.2, 0) is 0 Å². The third kappa shape index (κ3) is 2.49. The highest BCUT2D eigenvalue weighted by Gasteiger charge is 2.13. The van der Waals surface area contributed by atoms with E-state index in [0.29, 0.717) is 16.8 Å². The summed E-state index contributed by atoms with van der Waals surface area (Å²) in [6.45, 7) is 1.86. The van der Waals surface area contributed by atoms with E-state index in [9.17, 15) is 9.59 Å². The Balaban J connectivity index is 1.71. The van der Waals surface area contributed by atoms with Crippen molar-refractivity contribution in [2.45, 2.75) is 6.92 Å². The van der Waals surface area contributed by atoms with Gasteiger partial charge in [0.25, 0.3) is 5.91 Å². The van der Waals surface area contributed by atoms with Crippen molar-refractivity contribution in [2.75, 3.05) is 5.32 Å². The molecule has 0 fully saturated rings. The van der Waals surface area contributed by atoms with Crippen molar-refractivity contribution >= 4 is 44.0 Å². The summed E-state index contributed by atoms with van der Waals surface area (Å²) >= 11 is 1.54. The molecule has 0 saturated heterocycles. The summed E-state index contributed by atoms with van der Waals surface area (Å²) in [5.41, 5.74) is 2.15. The summed E-state index contributed by atoms with van der Waals surface area (Å²) in [5, 5.41) is 6.51. The molecule has 5 heteroatoms. The standard InChI is InChI=1S/C19H13NO3S/c1-11-8-18(21)23-16-9-12(6-7-13(11)16)20-19(22)15-10-24-17-5-3-2-4-14(15)17/h2-10H,1H3,(H,20,22). The summed E-state index contributed by atoms with van der Waals surface area (Å²) in [5.74, 6) is -0.179. The minimum Gasteiger partial charge on any atom is -0.423 e. The molecule has 4 nitrogen and oxygen atoms in total. The zero-order valence-corrected chi connectivity index (χ0v) is 13.6. The van der Waals surface area contributed by atoms with Crippen LogP contribution in [0, 0.1) is 6.92 Å². The molecule has 4 rings (SSSR count). The molecular weight excluding hydrogens is 322 g/mol. The fourth-order valence-electron chi connectivity index (χ4n) is 2.75. The number of nitrogens with one attached hydrogen (secondary N) is 1.